The summed E-state index contributed by atoms with van der Waals surface area (Å²) < 4.78 is 13.5. The minimum absolute atomic E-state index is 0.218. The van der Waals surface area contributed by atoms with Gasteiger partial charge in [0.15, 0.2) is 0 Å². The van der Waals surface area contributed by atoms with Gasteiger partial charge in [0, 0.05) is 11.7 Å². The number of halogens is 2. The highest BCUT2D eigenvalue weighted by molar-refractivity contribution is 9.10. The number of anilines is 1. The number of benzene rings is 1. The largest absolute Gasteiger partial charge is 0.383 e. The molecule has 0 spiro atoms. The van der Waals surface area contributed by atoms with E-state index in [1.54, 1.807) is 12.1 Å². The number of hydrogen-bond donors (Lipinski definition) is 1. The first-order valence-electron chi connectivity index (χ1n) is 5.85. The third-order valence-corrected chi connectivity index (χ3v) is 3.18. The number of rotatable bonds is 6. The molecule has 0 aliphatic carbocycles. The zero-order valence-electron chi connectivity index (χ0n) is 9.89. The van der Waals surface area contributed by atoms with Crippen LogP contribution >= 0.6 is 15.9 Å². The Labute approximate surface area is 106 Å². The highest BCUT2D eigenvalue weighted by atomic mass is 79.9. The predicted molar refractivity (Wildman–Crippen MR) is 71.3 cm³/mol. The van der Waals surface area contributed by atoms with E-state index in [0.717, 1.165) is 12.1 Å². The lowest BCUT2D eigenvalue weighted by Crippen LogP contribution is -2.14. The first-order valence-corrected chi connectivity index (χ1v) is 6.64. The van der Waals surface area contributed by atoms with Gasteiger partial charge in [-0.05, 0) is 47.5 Å². The van der Waals surface area contributed by atoms with Crippen LogP contribution in [0.25, 0.3) is 0 Å². The molecule has 0 heterocycles. The first kappa shape index (κ1) is 13.5. The molecule has 0 saturated heterocycles. The van der Waals surface area contributed by atoms with E-state index in [9.17, 15) is 4.39 Å². The van der Waals surface area contributed by atoms with Crippen molar-refractivity contribution in [3.63, 3.8) is 0 Å². The van der Waals surface area contributed by atoms with Crippen molar-refractivity contribution in [2.75, 3.05) is 5.32 Å². The van der Waals surface area contributed by atoms with E-state index in [0.29, 0.717) is 10.5 Å². The minimum atomic E-state index is -0.218. The molecule has 0 saturated carbocycles. The molecule has 0 aliphatic rings. The monoisotopic (exact) mass is 287 g/mol. The minimum Gasteiger partial charge on any atom is -0.383 e. The molecule has 0 fully saturated rings. The Bertz CT molecular complexity index is 328. The van der Waals surface area contributed by atoms with Gasteiger partial charge in [-0.2, -0.15) is 0 Å². The fraction of sp³-hybridized carbons (Fsp3) is 0.538. The second-order valence-electron chi connectivity index (χ2n) is 4.17. The lowest BCUT2D eigenvalue weighted by Gasteiger charge is -2.15. The van der Waals surface area contributed by atoms with E-state index in [4.69, 9.17) is 0 Å². The molecule has 1 atom stereocenters. The standard InChI is InChI=1S/C13H19BrFN/c1-3-4-5-6-10(2)16-11-7-8-13(15)12(14)9-11/h7-10,16H,3-6H2,1-2H3. The van der Waals surface area contributed by atoms with Crippen LogP contribution in [0.5, 0.6) is 0 Å². The Balaban J connectivity index is 2.43. The molecule has 16 heavy (non-hydrogen) atoms. The van der Waals surface area contributed by atoms with Crippen molar-refractivity contribution in [2.24, 2.45) is 0 Å². The van der Waals surface area contributed by atoms with Crippen molar-refractivity contribution in [3.8, 4) is 0 Å². The average Bonchev–Trinajstić information content (AvgIpc) is 2.24. The number of unbranched alkanes of at least 4 members (excludes halogenated alkanes) is 2. The summed E-state index contributed by atoms with van der Waals surface area (Å²) in [4.78, 5) is 0. The van der Waals surface area contributed by atoms with Crippen LogP contribution < -0.4 is 5.32 Å². The maximum Gasteiger partial charge on any atom is 0.137 e. The van der Waals surface area contributed by atoms with E-state index >= 15 is 0 Å². The summed E-state index contributed by atoms with van der Waals surface area (Å²) in [5.41, 5.74) is 0.970. The molecule has 1 aromatic carbocycles. The fourth-order valence-electron chi connectivity index (χ4n) is 1.64. The van der Waals surface area contributed by atoms with Gasteiger partial charge in [0.25, 0.3) is 0 Å². The molecule has 0 aliphatic heterocycles. The van der Waals surface area contributed by atoms with Gasteiger partial charge in [0.2, 0.25) is 0 Å². The molecule has 0 amide bonds. The molecule has 1 rings (SSSR count). The average molecular weight is 288 g/mol. The number of nitrogens with one attached hydrogen (secondary N) is 1. The summed E-state index contributed by atoms with van der Waals surface area (Å²) in [6.45, 7) is 4.36. The van der Waals surface area contributed by atoms with Gasteiger partial charge in [0.1, 0.15) is 5.82 Å². The van der Waals surface area contributed by atoms with E-state index in [2.05, 4.69) is 35.1 Å². The topological polar surface area (TPSA) is 12.0 Å². The molecule has 0 aromatic heterocycles. The van der Waals surface area contributed by atoms with Crippen LogP contribution in [0.1, 0.15) is 39.5 Å². The molecule has 0 bridgehead atoms. The van der Waals surface area contributed by atoms with Gasteiger partial charge in [0.05, 0.1) is 4.47 Å². The van der Waals surface area contributed by atoms with Gasteiger partial charge in [-0.3, -0.25) is 0 Å². The van der Waals surface area contributed by atoms with Crippen LogP contribution in [0.2, 0.25) is 0 Å². The molecule has 1 aromatic rings. The smallest absolute Gasteiger partial charge is 0.137 e. The summed E-state index contributed by atoms with van der Waals surface area (Å²) in [6, 6.07) is 5.47. The third-order valence-electron chi connectivity index (χ3n) is 2.57. The van der Waals surface area contributed by atoms with E-state index in [1.165, 1.54) is 25.3 Å². The summed E-state index contributed by atoms with van der Waals surface area (Å²) in [7, 11) is 0. The summed E-state index contributed by atoms with van der Waals surface area (Å²) >= 11 is 3.18. The molecule has 1 nitrogen and oxygen atoms in total. The van der Waals surface area contributed by atoms with E-state index in [-0.39, 0.29) is 5.82 Å². The first-order chi connectivity index (χ1) is 7.63. The second kappa shape index (κ2) is 6.89. The van der Waals surface area contributed by atoms with Crippen LogP contribution in [0.15, 0.2) is 22.7 Å². The van der Waals surface area contributed by atoms with Crippen LogP contribution in [0.4, 0.5) is 10.1 Å². The van der Waals surface area contributed by atoms with Gasteiger partial charge < -0.3 is 5.32 Å². The lowest BCUT2D eigenvalue weighted by molar-refractivity contribution is 0.612. The molecule has 1 unspecified atom stereocenters. The summed E-state index contributed by atoms with van der Waals surface area (Å²) in [5.74, 6) is -0.218. The molecular formula is C13H19BrFN. The maximum absolute atomic E-state index is 13.0. The maximum atomic E-state index is 13.0. The van der Waals surface area contributed by atoms with Crippen molar-refractivity contribution >= 4 is 21.6 Å². The van der Waals surface area contributed by atoms with Crippen molar-refractivity contribution in [1.82, 2.24) is 0 Å². The second-order valence-corrected chi connectivity index (χ2v) is 5.02. The Morgan fingerprint density at radius 2 is 2.12 bits per heavy atom. The van der Waals surface area contributed by atoms with Gasteiger partial charge in [-0.15, -0.1) is 0 Å². The van der Waals surface area contributed by atoms with E-state index < -0.39 is 0 Å². The molecular weight excluding hydrogens is 269 g/mol. The van der Waals surface area contributed by atoms with E-state index in [1.807, 2.05) is 0 Å². The van der Waals surface area contributed by atoms with Crippen molar-refractivity contribution in [3.05, 3.63) is 28.5 Å². The molecule has 1 N–H and O–H groups in total. The van der Waals surface area contributed by atoms with Crippen molar-refractivity contribution < 1.29 is 4.39 Å². The van der Waals surface area contributed by atoms with Crippen molar-refractivity contribution in [2.45, 2.75) is 45.6 Å². The lowest BCUT2D eigenvalue weighted by atomic mass is 10.1. The Kier molecular flexibility index (Phi) is 5.81. The Hall–Kier alpha value is -0.570. The van der Waals surface area contributed by atoms with Gasteiger partial charge in [-0.25, -0.2) is 4.39 Å². The van der Waals surface area contributed by atoms with Gasteiger partial charge in [-0.1, -0.05) is 26.2 Å². The number of hydrogen-bond acceptors (Lipinski definition) is 1. The highest BCUT2D eigenvalue weighted by Gasteiger charge is 2.04. The van der Waals surface area contributed by atoms with Crippen LogP contribution in [-0.2, 0) is 0 Å². The van der Waals surface area contributed by atoms with Crippen LogP contribution in [0.3, 0.4) is 0 Å². The van der Waals surface area contributed by atoms with Crippen molar-refractivity contribution in [1.29, 1.82) is 0 Å². The van der Waals surface area contributed by atoms with Crippen LogP contribution in [0, 0.1) is 5.82 Å². The molecule has 90 valence electrons. The third kappa shape index (κ3) is 4.52. The van der Waals surface area contributed by atoms with Crippen LogP contribution in [-0.4, -0.2) is 6.04 Å². The summed E-state index contributed by atoms with van der Waals surface area (Å²) in [6.07, 6.45) is 4.92. The SMILES string of the molecule is CCCCCC(C)Nc1ccc(F)c(Br)c1. The molecule has 0 radical (unpaired) electrons. The fourth-order valence-corrected chi connectivity index (χ4v) is 2.02. The highest BCUT2D eigenvalue weighted by Crippen LogP contribution is 2.21. The quantitative estimate of drug-likeness (QED) is 0.729. The Morgan fingerprint density at radius 3 is 2.75 bits per heavy atom. The molecule has 3 heteroatoms. The normalized spacial score (nSPS) is 12.5. The summed E-state index contributed by atoms with van der Waals surface area (Å²) in [5, 5.41) is 3.37. The predicted octanol–water partition coefficient (Wildman–Crippen LogP) is 4.97. The van der Waals surface area contributed by atoms with Gasteiger partial charge >= 0.3 is 0 Å². The zero-order valence-corrected chi connectivity index (χ0v) is 11.5. The zero-order chi connectivity index (χ0) is 12.0. The Morgan fingerprint density at radius 1 is 1.38 bits per heavy atom.